The third-order valence-electron chi connectivity index (χ3n) is 3.73. The Kier molecular flexibility index (Phi) is 4.11. The maximum absolute atomic E-state index is 13.1. The summed E-state index contributed by atoms with van der Waals surface area (Å²) < 4.78 is 62.3. The number of sulfonamides is 1. The lowest BCUT2D eigenvalue weighted by molar-refractivity contribution is 0.413. The first-order valence-corrected chi connectivity index (χ1v) is 9.48. The van der Waals surface area contributed by atoms with Crippen LogP contribution in [0.25, 0.3) is 0 Å². The highest BCUT2D eigenvalue weighted by Gasteiger charge is 2.40. The van der Waals surface area contributed by atoms with Crippen LogP contribution in [0.4, 0.5) is 4.39 Å². The smallest absolute Gasteiger partial charge is 0.244 e. The van der Waals surface area contributed by atoms with Crippen LogP contribution in [0.2, 0.25) is 0 Å². The molecule has 1 aliphatic heterocycles. The largest absolute Gasteiger partial charge is 0.260 e. The van der Waals surface area contributed by atoms with Crippen molar-refractivity contribution in [2.24, 2.45) is 0 Å². The molecule has 1 aromatic heterocycles. The Balaban J connectivity index is 2.35. The molecule has 0 aromatic carbocycles. The van der Waals surface area contributed by atoms with Gasteiger partial charge in [-0.2, -0.15) is 4.31 Å². The van der Waals surface area contributed by atoms with E-state index in [0.29, 0.717) is 0 Å². The number of sulfone groups is 1. The Morgan fingerprint density at radius 2 is 1.95 bits per heavy atom. The van der Waals surface area contributed by atoms with Crippen LogP contribution in [0, 0.1) is 5.82 Å². The van der Waals surface area contributed by atoms with Crippen molar-refractivity contribution in [2.75, 3.05) is 18.8 Å². The number of rotatable bonds is 2. The van der Waals surface area contributed by atoms with Crippen LogP contribution in [0.3, 0.4) is 0 Å². The Bertz CT molecular complexity index is 744. The molecule has 0 amide bonds. The molecule has 118 valence electrons. The van der Waals surface area contributed by atoms with E-state index in [0.717, 1.165) is 22.8 Å². The minimum atomic E-state index is -3.94. The Labute approximate surface area is 124 Å². The molecule has 0 bridgehead atoms. The third kappa shape index (κ3) is 3.09. The van der Waals surface area contributed by atoms with Crippen molar-refractivity contribution in [1.29, 1.82) is 0 Å². The van der Waals surface area contributed by atoms with Gasteiger partial charge < -0.3 is 0 Å². The first kappa shape index (κ1) is 16.3. The Morgan fingerprint density at radius 3 is 2.57 bits per heavy atom. The van der Waals surface area contributed by atoms with Gasteiger partial charge in [0.25, 0.3) is 0 Å². The Morgan fingerprint density at radius 1 is 1.29 bits per heavy atom. The van der Waals surface area contributed by atoms with Gasteiger partial charge in [0.1, 0.15) is 10.7 Å². The molecule has 0 saturated carbocycles. The quantitative estimate of drug-likeness (QED) is 0.798. The third-order valence-corrected chi connectivity index (χ3v) is 8.20. The van der Waals surface area contributed by atoms with E-state index in [4.69, 9.17) is 0 Å². The van der Waals surface area contributed by atoms with E-state index < -0.39 is 30.4 Å². The minimum Gasteiger partial charge on any atom is -0.260 e. The van der Waals surface area contributed by atoms with Gasteiger partial charge in [-0.15, -0.1) is 0 Å². The standard InChI is InChI=1S/C12H17FN2O4S2/c1-12(2)3-4-15(5-6-20(12,16)17)21(18,19)11-7-10(13)8-14-9-11/h7-9H,3-6H2,1-2H3. The second-order valence-corrected chi connectivity index (χ2v) is 10.3. The topological polar surface area (TPSA) is 84.4 Å². The van der Waals surface area contributed by atoms with Crippen molar-refractivity contribution in [3.63, 3.8) is 0 Å². The number of hydrogen-bond donors (Lipinski definition) is 0. The van der Waals surface area contributed by atoms with Gasteiger partial charge >= 0.3 is 0 Å². The molecule has 0 radical (unpaired) electrons. The van der Waals surface area contributed by atoms with Gasteiger partial charge in [-0.25, -0.2) is 21.2 Å². The van der Waals surface area contributed by atoms with Gasteiger partial charge in [-0.3, -0.25) is 4.98 Å². The zero-order valence-electron chi connectivity index (χ0n) is 11.8. The van der Waals surface area contributed by atoms with E-state index in [2.05, 4.69) is 4.98 Å². The predicted octanol–water partition coefficient (Wildman–Crippen LogP) is 0.809. The fourth-order valence-electron chi connectivity index (χ4n) is 2.08. The molecule has 0 N–H and O–H groups in total. The molecule has 9 heteroatoms. The van der Waals surface area contributed by atoms with E-state index >= 15 is 0 Å². The lowest BCUT2D eigenvalue weighted by atomic mass is 10.1. The van der Waals surface area contributed by atoms with Gasteiger partial charge in [0.2, 0.25) is 10.0 Å². The monoisotopic (exact) mass is 336 g/mol. The number of hydrogen-bond acceptors (Lipinski definition) is 5. The zero-order chi connectivity index (χ0) is 15.9. The van der Waals surface area contributed by atoms with E-state index in [1.165, 1.54) is 0 Å². The average Bonchev–Trinajstić information content (AvgIpc) is 2.47. The molecule has 0 atom stereocenters. The van der Waals surface area contributed by atoms with Crippen molar-refractivity contribution in [2.45, 2.75) is 29.9 Å². The van der Waals surface area contributed by atoms with Crippen LogP contribution >= 0.6 is 0 Å². The van der Waals surface area contributed by atoms with Crippen LogP contribution in [0.15, 0.2) is 23.4 Å². The molecule has 21 heavy (non-hydrogen) atoms. The molecule has 2 rings (SSSR count). The maximum Gasteiger partial charge on any atom is 0.244 e. The fourth-order valence-corrected chi connectivity index (χ4v) is 5.03. The molecule has 1 fully saturated rings. The fraction of sp³-hybridized carbons (Fsp3) is 0.583. The minimum absolute atomic E-state index is 0.0745. The normalized spacial score (nSPS) is 22.6. The summed E-state index contributed by atoms with van der Waals surface area (Å²) in [7, 11) is -7.32. The van der Waals surface area contributed by atoms with E-state index in [1.807, 2.05) is 0 Å². The van der Waals surface area contributed by atoms with E-state index in [1.54, 1.807) is 13.8 Å². The molecule has 0 unspecified atom stereocenters. The summed E-state index contributed by atoms with van der Waals surface area (Å²) in [6, 6.07) is 0.882. The Hall–Kier alpha value is -1.06. The van der Waals surface area contributed by atoms with Crippen molar-refractivity contribution in [3.8, 4) is 0 Å². The van der Waals surface area contributed by atoms with Crippen molar-refractivity contribution in [3.05, 3.63) is 24.3 Å². The lowest BCUT2D eigenvalue weighted by Gasteiger charge is -2.22. The summed E-state index contributed by atoms with van der Waals surface area (Å²) >= 11 is 0. The molecule has 1 aliphatic rings. The first-order chi connectivity index (χ1) is 9.56. The molecule has 0 aliphatic carbocycles. The SMILES string of the molecule is CC1(C)CCN(S(=O)(=O)c2cncc(F)c2)CCS1(=O)=O. The summed E-state index contributed by atoms with van der Waals surface area (Å²) in [5, 5.41) is 0. The zero-order valence-corrected chi connectivity index (χ0v) is 13.4. The maximum atomic E-state index is 13.1. The summed E-state index contributed by atoms with van der Waals surface area (Å²) in [5.41, 5.74) is 0. The molecule has 1 aromatic rings. The summed E-state index contributed by atoms with van der Waals surface area (Å²) in [6.45, 7) is 3.11. The van der Waals surface area contributed by atoms with Crippen LogP contribution < -0.4 is 0 Å². The molecule has 6 nitrogen and oxygen atoms in total. The van der Waals surface area contributed by atoms with Crippen LogP contribution in [-0.2, 0) is 19.9 Å². The van der Waals surface area contributed by atoms with Gasteiger partial charge in [0, 0.05) is 19.3 Å². The van der Waals surface area contributed by atoms with Crippen LogP contribution in [0.5, 0.6) is 0 Å². The highest BCUT2D eigenvalue weighted by molar-refractivity contribution is 7.93. The number of aromatic nitrogens is 1. The highest BCUT2D eigenvalue weighted by atomic mass is 32.2. The highest BCUT2D eigenvalue weighted by Crippen LogP contribution is 2.27. The first-order valence-electron chi connectivity index (χ1n) is 6.39. The van der Waals surface area contributed by atoms with Gasteiger partial charge in [-0.1, -0.05) is 0 Å². The number of pyridine rings is 1. The second kappa shape index (κ2) is 5.29. The van der Waals surface area contributed by atoms with Gasteiger partial charge in [0.05, 0.1) is 16.7 Å². The number of halogens is 1. The van der Waals surface area contributed by atoms with E-state index in [-0.39, 0.29) is 30.2 Å². The predicted molar refractivity (Wildman–Crippen MR) is 75.4 cm³/mol. The molecular formula is C12H17FN2O4S2. The van der Waals surface area contributed by atoms with Gasteiger partial charge in [0.15, 0.2) is 9.84 Å². The van der Waals surface area contributed by atoms with E-state index in [9.17, 15) is 21.2 Å². The summed E-state index contributed by atoms with van der Waals surface area (Å²) in [6.07, 6.45) is 2.16. The van der Waals surface area contributed by atoms with Crippen molar-refractivity contribution in [1.82, 2.24) is 9.29 Å². The number of nitrogens with zero attached hydrogens (tertiary/aromatic N) is 2. The average molecular weight is 336 g/mol. The molecule has 1 saturated heterocycles. The second-order valence-electron chi connectivity index (χ2n) is 5.57. The van der Waals surface area contributed by atoms with Crippen LogP contribution in [-0.4, -0.2) is 49.7 Å². The van der Waals surface area contributed by atoms with Gasteiger partial charge in [-0.05, 0) is 26.3 Å². The van der Waals surface area contributed by atoms with Crippen LogP contribution in [0.1, 0.15) is 20.3 Å². The molecular weight excluding hydrogens is 319 g/mol. The molecule has 0 spiro atoms. The van der Waals surface area contributed by atoms with Crippen molar-refractivity contribution < 1.29 is 21.2 Å². The summed E-state index contributed by atoms with van der Waals surface area (Å²) in [4.78, 5) is 3.26. The van der Waals surface area contributed by atoms with Crippen molar-refractivity contribution >= 4 is 19.9 Å². The molecule has 2 heterocycles. The summed E-state index contributed by atoms with van der Waals surface area (Å²) in [5.74, 6) is -0.999. The lowest BCUT2D eigenvalue weighted by Crippen LogP contribution is -2.33.